The zero-order valence-corrected chi connectivity index (χ0v) is 16.0. The van der Waals surface area contributed by atoms with Crippen LogP contribution in [0.2, 0.25) is 0 Å². The van der Waals surface area contributed by atoms with E-state index >= 15 is 0 Å². The molecule has 1 aromatic heterocycles. The third kappa shape index (κ3) is 4.86. The van der Waals surface area contributed by atoms with Crippen molar-refractivity contribution in [1.82, 2.24) is 4.98 Å². The van der Waals surface area contributed by atoms with Gasteiger partial charge in [-0.25, -0.2) is 18.2 Å². The summed E-state index contributed by atoms with van der Waals surface area (Å²) in [5, 5.41) is 2.13. The number of anilines is 1. The summed E-state index contributed by atoms with van der Waals surface area (Å²) in [6.07, 6.45) is 0. The van der Waals surface area contributed by atoms with Gasteiger partial charge in [-0.1, -0.05) is 0 Å². The number of rotatable bonds is 7. The van der Waals surface area contributed by atoms with Crippen LogP contribution in [0.15, 0.2) is 34.5 Å². The summed E-state index contributed by atoms with van der Waals surface area (Å²) in [6.45, 7) is 3.53. The van der Waals surface area contributed by atoms with E-state index in [0.717, 1.165) is 24.3 Å². The van der Waals surface area contributed by atoms with Crippen molar-refractivity contribution >= 4 is 38.2 Å². The Labute approximate surface area is 158 Å². The van der Waals surface area contributed by atoms with Crippen molar-refractivity contribution in [3.05, 3.63) is 40.9 Å². The predicted molar refractivity (Wildman–Crippen MR) is 94.6 cm³/mol. The molecule has 0 N–H and O–H groups in total. The van der Waals surface area contributed by atoms with Gasteiger partial charge in [-0.2, -0.15) is 8.78 Å². The minimum absolute atomic E-state index is 0.0117. The smallest absolute Gasteiger partial charge is 0.341 e. The van der Waals surface area contributed by atoms with Crippen molar-refractivity contribution in [2.75, 3.05) is 11.4 Å². The summed E-state index contributed by atoms with van der Waals surface area (Å²) >= 11 is 1.23. The molecule has 146 valence electrons. The lowest BCUT2D eigenvalue weighted by atomic mass is 10.2. The summed E-state index contributed by atoms with van der Waals surface area (Å²) < 4.78 is 52.8. The lowest BCUT2D eigenvalue weighted by molar-refractivity contribution is -0.116. The highest BCUT2D eigenvalue weighted by molar-refractivity contribution is 7.91. The number of halogens is 2. The fraction of sp³-hybridized carbons (Fsp3) is 0.312. The number of sulfone groups is 1. The van der Waals surface area contributed by atoms with Crippen molar-refractivity contribution in [3.8, 4) is 0 Å². The third-order valence-electron chi connectivity index (χ3n) is 3.47. The van der Waals surface area contributed by atoms with E-state index in [2.05, 4.69) is 4.98 Å². The second-order valence-corrected chi connectivity index (χ2v) is 8.05. The molecule has 2 rings (SSSR count). The van der Waals surface area contributed by atoms with Crippen LogP contribution in [0.25, 0.3) is 0 Å². The van der Waals surface area contributed by atoms with Crippen molar-refractivity contribution in [3.63, 3.8) is 0 Å². The number of carbonyl (C=O) groups excluding carboxylic acids is 2. The molecule has 7 nitrogen and oxygen atoms in total. The first-order valence-electron chi connectivity index (χ1n) is 7.68. The highest BCUT2D eigenvalue weighted by Gasteiger charge is 2.26. The maximum Gasteiger partial charge on any atom is 0.341 e. The Bertz CT molecular complexity index is 927. The van der Waals surface area contributed by atoms with Gasteiger partial charge in [0.05, 0.1) is 16.2 Å². The zero-order chi connectivity index (χ0) is 20.2. The normalized spacial score (nSPS) is 11.4. The number of hydrogen-bond donors (Lipinski definition) is 0. The molecule has 0 fully saturated rings. The van der Waals surface area contributed by atoms with E-state index in [0.29, 0.717) is 17.4 Å². The average molecular weight is 418 g/mol. The molecule has 1 heterocycles. The molecule has 11 heteroatoms. The van der Waals surface area contributed by atoms with Gasteiger partial charge in [-0.15, -0.1) is 11.3 Å². The molecule has 2 aromatic rings. The highest BCUT2D eigenvalue weighted by atomic mass is 32.2. The van der Waals surface area contributed by atoms with Gasteiger partial charge in [0.25, 0.3) is 0 Å². The number of ether oxygens (including phenoxy) is 1. The minimum Gasteiger partial charge on any atom is -0.456 e. The van der Waals surface area contributed by atoms with Gasteiger partial charge in [-0.05, 0) is 31.2 Å². The Morgan fingerprint density at radius 3 is 2.41 bits per heavy atom. The zero-order valence-electron chi connectivity index (χ0n) is 14.4. The SMILES string of the molecule is CCN(C(C)=O)c1nc(COC(=O)c2ccc(S(=O)(=O)C(F)F)cc2)cs1. The first kappa shape index (κ1) is 20.9. The average Bonchev–Trinajstić information content (AvgIpc) is 3.08. The Kier molecular flexibility index (Phi) is 6.60. The lowest BCUT2D eigenvalue weighted by Gasteiger charge is -2.14. The summed E-state index contributed by atoms with van der Waals surface area (Å²) in [4.78, 5) is 28.6. The van der Waals surface area contributed by atoms with E-state index in [1.807, 2.05) is 0 Å². The van der Waals surface area contributed by atoms with Crippen LogP contribution in [0.3, 0.4) is 0 Å². The van der Waals surface area contributed by atoms with E-state index in [1.54, 1.807) is 12.3 Å². The van der Waals surface area contributed by atoms with Gasteiger partial charge in [0.1, 0.15) is 6.61 Å². The Balaban J connectivity index is 2.02. The highest BCUT2D eigenvalue weighted by Crippen LogP contribution is 2.22. The van der Waals surface area contributed by atoms with Crippen LogP contribution in [0.4, 0.5) is 13.9 Å². The molecule has 0 saturated heterocycles. The van der Waals surface area contributed by atoms with E-state index in [4.69, 9.17) is 4.74 Å². The number of amides is 1. The first-order valence-corrected chi connectivity index (χ1v) is 10.1. The number of carbonyl (C=O) groups is 2. The van der Waals surface area contributed by atoms with Crippen molar-refractivity contribution in [2.45, 2.75) is 31.1 Å². The largest absolute Gasteiger partial charge is 0.456 e. The van der Waals surface area contributed by atoms with E-state index in [1.165, 1.54) is 23.2 Å². The van der Waals surface area contributed by atoms with Crippen LogP contribution >= 0.6 is 11.3 Å². The number of aromatic nitrogens is 1. The van der Waals surface area contributed by atoms with Crippen LogP contribution < -0.4 is 4.90 Å². The monoisotopic (exact) mass is 418 g/mol. The molecule has 0 bridgehead atoms. The molecule has 0 atom stereocenters. The quantitative estimate of drug-likeness (QED) is 0.642. The standard InChI is InChI=1S/C16H16F2N2O5S2/c1-3-20(10(2)21)16-19-12(9-26-16)8-25-14(22)11-4-6-13(7-5-11)27(23,24)15(17)18/h4-7,9,15H,3,8H2,1-2H3. The Morgan fingerprint density at radius 1 is 1.26 bits per heavy atom. The number of hydrogen-bond acceptors (Lipinski definition) is 7. The molecular formula is C16H16F2N2O5S2. The van der Waals surface area contributed by atoms with Gasteiger partial charge in [0, 0.05) is 18.8 Å². The maximum absolute atomic E-state index is 12.5. The van der Waals surface area contributed by atoms with Gasteiger partial charge in [-0.3, -0.25) is 9.69 Å². The number of benzene rings is 1. The van der Waals surface area contributed by atoms with Gasteiger partial charge in [0.2, 0.25) is 15.7 Å². The Morgan fingerprint density at radius 2 is 1.89 bits per heavy atom. The van der Waals surface area contributed by atoms with Crippen LogP contribution in [-0.4, -0.2) is 37.6 Å². The third-order valence-corrected chi connectivity index (χ3v) is 5.78. The fourth-order valence-electron chi connectivity index (χ4n) is 2.09. The van der Waals surface area contributed by atoms with Crippen LogP contribution in [-0.2, 0) is 26.0 Å². The molecule has 0 aliphatic heterocycles. The summed E-state index contributed by atoms with van der Waals surface area (Å²) in [5.74, 6) is -4.45. The maximum atomic E-state index is 12.5. The van der Waals surface area contributed by atoms with Crippen molar-refractivity contribution in [1.29, 1.82) is 0 Å². The van der Waals surface area contributed by atoms with E-state index in [-0.39, 0.29) is 18.1 Å². The molecule has 0 saturated carbocycles. The molecule has 27 heavy (non-hydrogen) atoms. The minimum atomic E-state index is -4.72. The molecule has 0 spiro atoms. The predicted octanol–water partition coefficient (Wildman–Crippen LogP) is 2.87. The summed E-state index contributed by atoms with van der Waals surface area (Å²) in [5.41, 5.74) is 0.456. The van der Waals surface area contributed by atoms with Gasteiger partial charge >= 0.3 is 11.7 Å². The molecule has 0 aliphatic rings. The van der Waals surface area contributed by atoms with Crippen LogP contribution in [0.5, 0.6) is 0 Å². The van der Waals surface area contributed by atoms with Gasteiger partial charge < -0.3 is 4.74 Å². The first-order chi connectivity index (χ1) is 12.7. The Hall–Kier alpha value is -2.40. The second-order valence-electron chi connectivity index (χ2n) is 5.29. The van der Waals surface area contributed by atoms with Crippen molar-refractivity contribution < 1.29 is 31.5 Å². The summed E-state index contributed by atoms with van der Waals surface area (Å²) in [6, 6.07) is 4.04. The lowest BCUT2D eigenvalue weighted by Crippen LogP contribution is -2.27. The molecule has 0 unspecified atom stereocenters. The van der Waals surface area contributed by atoms with Crippen molar-refractivity contribution in [2.24, 2.45) is 0 Å². The number of alkyl halides is 2. The van der Waals surface area contributed by atoms with E-state index in [9.17, 15) is 26.8 Å². The topological polar surface area (TPSA) is 93.6 Å². The van der Waals surface area contributed by atoms with Gasteiger partial charge in [0.15, 0.2) is 5.13 Å². The number of nitrogens with zero attached hydrogens (tertiary/aromatic N) is 2. The second kappa shape index (κ2) is 8.53. The molecule has 0 aliphatic carbocycles. The molecular weight excluding hydrogens is 402 g/mol. The molecule has 1 amide bonds. The van der Waals surface area contributed by atoms with Crippen LogP contribution in [0, 0.1) is 0 Å². The number of thiazole rings is 1. The molecule has 1 aromatic carbocycles. The summed E-state index contributed by atoms with van der Waals surface area (Å²) in [7, 11) is -4.72. The fourth-order valence-corrected chi connectivity index (χ4v) is 3.72. The van der Waals surface area contributed by atoms with E-state index < -0.39 is 26.5 Å². The van der Waals surface area contributed by atoms with Crippen LogP contribution in [0.1, 0.15) is 29.9 Å². The molecule has 0 radical (unpaired) electrons. The number of esters is 1.